The Labute approximate surface area is 136 Å². The third-order valence-corrected chi connectivity index (χ3v) is 5.14. The molecule has 4 heteroatoms. The number of hydrogen-bond donors (Lipinski definition) is 0. The molecule has 4 rings (SSSR count). The second kappa shape index (κ2) is 6.19. The fourth-order valence-corrected chi connectivity index (χ4v) is 3.80. The molecule has 0 bridgehead atoms. The Balaban J connectivity index is 1.54. The minimum absolute atomic E-state index is 0.101. The topological polar surface area (TPSA) is 46.3 Å². The predicted octanol–water partition coefficient (Wildman–Crippen LogP) is 3.92. The molecule has 0 radical (unpaired) electrons. The summed E-state index contributed by atoms with van der Waals surface area (Å²) in [6, 6.07) is 8.19. The van der Waals surface area contributed by atoms with Gasteiger partial charge < -0.3 is 9.32 Å². The Morgan fingerprint density at radius 2 is 2.04 bits per heavy atom. The van der Waals surface area contributed by atoms with E-state index in [0.717, 1.165) is 31.6 Å². The van der Waals surface area contributed by atoms with E-state index < -0.39 is 0 Å². The molecule has 4 nitrogen and oxygen atoms in total. The number of carbonyl (C=O) groups excluding carboxylic acids is 1. The summed E-state index contributed by atoms with van der Waals surface area (Å²) in [6.45, 7) is 0.868. The molecule has 23 heavy (non-hydrogen) atoms. The molecule has 2 fully saturated rings. The highest BCUT2D eigenvalue weighted by molar-refractivity contribution is 5.83. The molecule has 0 aromatic carbocycles. The van der Waals surface area contributed by atoms with Crippen molar-refractivity contribution in [3.05, 3.63) is 54.2 Å². The van der Waals surface area contributed by atoms with Crippen molar-refractivity contribution in [1.82, 2.24) is 9.88 Å². The van der Waals surface area contributed by atoms with Crippen molar-refractivity contribution in [2.24, 2.45) is 5.92 Å². The van der Waals surface area contributed by atoms with Crippen LogP contribution in [0.1, 0.15) is 55.4 Å². The van der Waals surface area contributed by atoms with Crippen molar-refractivity contribution < 1.29 is 9.21 Å². The summed E-state index contributed by atoms with van der Waals surface area (Å²) in [5.74, 6) is 1.64. The molecule has 120 valence electrons. The summed E-state index contributed by atoms with van der Waals surface area (Å²) in [6.07, 6.45) is 10.8. The monoisotopic (exact) mass is 310 g/mol. The molecule has 2 aromatic rings. The summed E-state index contributed by atoms with van der Waals surface area (Å²) in [5.41, 5.74) is 1.21. The molecule has 0 unspecified atom stereocenters. The van der Waals surface area contributed by atoms with Crippen LogP contribution in [-0.4, -0.2) is 22.3 Å². The van der Waals surface area contributed by atoms with Gasteiger partial charge in [0.2, 0.25) is 5.91 Å². The normalized spacial score (nSPS) is 27.5. The molecule has 1 saturated heterocycles. The van der Waals surface area contributed by atoms with Crippen LogP contribution >= 0.6 is 0 Å². The number of pyridine rings is 1. The second-order valence-corrected chi connectivity index (χ2v) is 6.64. The largest absolute Gasteiger partial charge is 0.469 e. The molecule has 1 saturated carbocycles. The fraction of sp³-hybridized carbons (Fsp3) is 0.474. The van der Waals surface area contributed by atoms with Crippen LogP contribution in [0.5, 0.6) is 0 Å². The number of aromatic nitrogens is 1. The van der Waals surface area contributed by atoms with Crippen molar-refractivity contribution in [1.29, 1.82) is 0 Å². The van der Waals surface area contributed by atoms with Gasteiger partial charge in [0.15, 0.2) is 0 Å². The van der Waals surface area contributed by atoms with Crippen LogP contribution in [0.2, 0.25) is 0 Å². The Morgan fingerprint density at radius 1 is 1.17 bits per heavy atom. The molecule has 2 aliphatic rings. The zero-order valence-electron chi connectivity index (χ0n) is 13.2. The maximum atomic E-state index is 13.1. The van der Waals surface area contributed by atoms with Gasteiger partial charge >= 0.3 is 0 Å². The Hall–Kier alpha value is -2.10. The average molecular weight is 310 g/mol. The average Bonchev–Trinajstić information content (AvgIpc) is 3.29. The van der Waals surface area contributed by atoms with E-state index in [1.54, 1.807) is 6.26 Å². The van der Waals surface area contributed by atoms with E-state index in [0.29, 0.717) is 5.91 Å². The van der Waals surface area contributed by atoms with Gasteiger partial charge in [-0.2, -0.15) is 0 Å². The molecule has 1 aliphatic carbocycles. The molecule has 1 amide bonds. The first-order chi connectivity index (χ1) is 11.3. The Bertz CT molecular complexity index is 653. The van der Waals surface area contributed by atoms with Gasteiger partial charge in [-0.15, -0.1) is 0 Å². The Kier molecular flexibility index (Phi) is 3.90. The molecular weight excluding hydrogens is 288 g/mol. The lowest BCUT2D eigenvalue weighted by Gasteiger charge is -2.30. The standard InChI is InChI=1S/C19H22N2O2/c22-19(16-13-15(16)18-6-4-12-23-18)21-11-3-1-2-5-17(21)14-7-9-20-10-8-14/h4,6-10,12,15-17H,1-3,5,11,13H2/t15-,16+,17-/m0/s1. The Morgan fingerprint density at radius 3 is 2.83 bits per heavy atom. The first-order valence-corrected chi connectivity index (χ1v) is 8.58. The van der Waals surface area contributed by atoms with Crippen LogP contribution in [-0.2, 0) is 4.79 Å². The molecule has 1 aliphatic heterocycles. The number of rotatable bonds is 3. The number of nitrogens with zero attached hydrogens (tertiary/aromatic N) is 2. The third-order valence-electron chi connectivity index (χ3n) is 5.14. The van der Waals surface area contributed by atoms with Crippen molar-refractivity contribution in [3.8, 4) is 0 Å². The number of likely N-dealkylation sites (tertiary alicyclic amines) is 1. The smallest absolute Gasteiger partial charge is 0.226 e. The van der Waals surface area contributed by atoms with E-state index in [1.807, 2.05) is 36.7 Å². The van der Waals surface area contributed by atoms with E-state index in [9.17, 15) is 4.79 Å². The summed E-state index contributed by atoms with van der Waals surface area (Å²) in [7, 11) is 0. The fourth-order valence-electron chi connectivity index (χ4n) is 3.80. The van der Waals surface area contributed by atoms with Crippen LogP contribution in [0.15, 0.2) is 47.3 Å². The van der Waals surface area contributed by atoms with Crippen LogP contribution in [0.25, 0.3) is 0 Å². The van der Waals surface area contributed by atoms with Gasteiger partial charge in [-0.05, 0) is 49.1 Å². The first-order valence-electron chi connectivity index (χ1n) is 8.58. The third kappa shape index (κ3) is 2.90. The van der Waals surface area contributed by atoms with E-state index in [1.165, 1.54) is 18.4 Å². The van der Waals surface area contributed by atoms with E-state index in [-0.39, 0.29) is 17.9 Å². The maximum absolute atomic E-state index is 13.1. The highest BCUT2D eigenvalue weighted by atomic mass is 16.3. The quantitative estimate of drug-likeness (QED) is 0.863. The van der Waals surface area contributed by atoms with Crippen LogP contribution in [0.4, 0.5) is 0 Å². The van der Waals surface area contributed by atoms with E-state index >= 15 is 0 Å². The van der Waals surface area contributed by atoms with Gasteiger partial charge in [0.05, 0.1) is 12.3 Å². The minimum Gasteiger partial charge on any atom is -0.469 e. The second-order valence-electron chi connectivity index (χ2n) is 6.64. The lowest BCUT2D eigenvalue weighted by molar-refractivity contribution is -0.135. The lowest BCUT2D eigenvalue weighted by atomic mass is 10.0. The van der Waals surface area contributed by atoms with Gasteiger partial charge in [0, 0.05) is 30.8 Å². The molecule has 0 N–H and O–H groups in total. The van der Waals surface area contributed by atoms with Gasteiger partial charge in [-0.25, -0.2) is 0 Å². The maximum Gasteiger partial charge on any atom is 0.226 e. The van der Waals surface area contributed by atoms with Crippen molar-refractivity contribution in [2.75, 3.05) is 6.54 Å². The van der Waals surface area contributed by atoms with Gasteiger partial charge in [0.25, 0.3) is 0 Å². The van der Waals surface area contributed by atoms with Crippen molar-refractivity contribution in [2.45, 2.75) is 44.1 Å². The van der Waals surface area contributed by atoms with Crippen LogP contribution in [0, 0.1) is 5.92 Å². The highest BCUT2D eigenvalue weighted by Gasteiger charge is 2.48. The minimum atomic E-state index is 0.101. The zero-order chi connectivity index (χ0) is 15.6. The number of furan rings is 1. The molecular formula is C19H22N2O2. The highest BCUT2D eigenvalue weighted by Crippen LogP contribution is 2.49. The summed E-state index contributed by atoms with van der Waals surface area (Å²) in [4.78, 5) is 19.3. The first kappa shape index (κ1) is 14.5. The molecule has 0 spiro atoms. The molecule has 2 aromatic heterocycles. The van der Waals surface area contributed by atoms with E-state index in [2.05, 4.69) is 9.88 Å². The number of carbonyl (C=O) groups is 1. The van der Waals surface area contributed by atoms with Crippen LogP contribution < -0.4 is 0 Å². The van der Waals surface area contributed by atoms with Gasteiger partial charge in [0.1, 0.15) is 5.76 Å². The summed E-state index contributed by atoms with van der Waals surface area (Å²) < 4.78 is 5.48. The zero-order valence-corrected chi connectivity index (χ0v) is 13.2. The lowest BCUT2D eigenvalue weighted by Crippen LogP contribution is -2.36. The van der Waals surface area contributed by atoms with Crippen molar-refractivity contribution >= 4 is 5.91 Å². The number of amides is 1. The van der Waals surface area contributed by atoms with Gasteiger partial charge in [-0.1, -0.05) is 12.8 Å². The predicted molar refractivity (Wildman–Crippen MR) is 86.7 cm³/mol. The van der Waals surface area contributed by atoms with Crippen molar-refractivity contribution in [3.63, 3.8) is 0 Å². The summed E-state index contributed by atoms with van der Waals surface area (Å²) in [5, 5.41) is 0. The SMILES string of the molecule is O=C([C@@H]1C[C@@H]1c1ccco1)N1CCCCC[C@H]1c1ccncc1. The molecule has 3 heterocycles. The molecule has 3 atom stereocenters. The summed E-state index contributed by atoms with van der Waals surface area (Å²) >= 11 is 0. The van der Waals surface area contributed by atoms with E-state index in [4.69, 9.17) is 4.42 Å². The number of hydrogen-bond acceptors (Lipinski definition) is 3. The van der Waals surface area contributed by atoms with Gasteiger partial charge in [-0.3, -0.25) is 9.78 Å². The van der Waals surface area contributed by atoms with Crippen LogP contribution in [0.3, 0.4) is 0 Å².